The summed E-state index contributed by atoms with van der Waals surface area (Å²) < 4.78 is 13.4. The van der Waals surface area contributed by atoms with Crippen LogP contribution in [-0.4, -0.2) is 33.5 Å². The SMILES string of the molecule is CCc1cccc(C)c1NC(=O)CSc1nnc(C(C)Oc2ccc(OC)cc2)n1CC(C)C. The lowest BCUT2D eigenvalue weighted by atomic mass is 10.1. The van der Waals surface area contributed by atoms with Crippen LogP contribution in [-0.2, 0) is 17.8 Å². The highest BCUT2D eigenvalue weighted by Crippen LogP contribution is 2.27. The molecule has 1 heterocycles. The van der Waals surface area contributed by atoms with Crippen LogP contribution in [0.3, 0.4) is 0 Å². The van der Waals surface area contributed by atoms with E-state index in [2.05, 4.69) is 40.9 Å². The number of hydrogen-bond donors (Lipinski definition) is 1. The average Bonchev–Trinajstić information content (AvgIpc) is 3.21. The molecule has 0 radical (unpaired) electrons. The highest BCUT2D eigenvalue weighted by molar-refractivity contribution is 7.99. The molecule has 3 aromatic rings. The van der Waals surface area contributed by atoms with E-state index >= 15 is 0 Å². The number of amides is 1. The number of para-hydroxylation sites is 1. The lowest BCUT2D eigenvalue weighted by Gasteiger charge is -2.18. The van der Waals surface area contributed by atoms with E-state index in [-0.39, 0.29) is 17.8 Å². The largest absolute Gasteiger partial charge is 0.497 e. The number of hydrogen-bond acceptors (Lipinski definition) is 6. The van der Waals surface area contributed by atoms with E-state index in [1.807, 2.05) is 56.3 Å². The molecule has 0 saturated carbocycles. The lowest BCUT2D eigenvalue weighted by Crippen LogP contribution is -2.18. The van der Waals surface area contributed by atoms with E-state index in [9.17, 15) is 4.79 Å². The Morgan fingerprint density at radius 2 is 1.79 bits per heavy atom. The number of benzene rings is 2. The van der Waals surface area contributed by atoms with Gasteiger partial charge in [0.05, 0.1) is 12.9 Å². The van der Waals surface area contributed by atoms with Crippen molar-refractivity contribution in [1.82, 2.24) is 14.8 Å². The first-order valence-corrected chi connectivity index (χ1v) is 12.6. The number of carbonyl (C=O) groups excluding carboxylic acids is 1. The third-order valence-corrected chi connectivity index (χ3v) is 6.33. The van der Waals surface area contributed by atoms with Crippen LogP contribution in [0.25, 0.3) is 0 Å². The van der Waals surface area contributed by atoms with Crippen molar-refractivity contribution >= 4 is 23.4 Å². The van der Waals surface area contributed by atoms with Crippen molar-refractivity contribution in [3.63, 3.8) is 0 Å². The number of rotatable bonds is 11. The van der Waals surface area contributed by atoms with Gasteiger partial charge in [0.25, 0.3) is 0 Å². The molecule has 3 rings (SSSR count). The zero-order valence-corrected chi connectivity index (χ0v) is 21.6. The second kappa shape index (κ2) is 11.9. The number of carbonyl (C=O) groups is 1. The third-order valence-electron chi connectivity index (χ3n) is 5.37. The fraction of sp³-hybridized carbons (Fsp3) is 0.423. The van der Waals surface area contributed by atoms with Gasteiger partial charge in [-0.3, -0.25) is 4.79 Å². The molecule has 1 N–H and O–H groups in total. The molecule has 8 heteroatoms. The second-order valence-corrected chi connectivity index (χ2v) is 9.52. The van der Waals surface area contributed by atoms with Crippen molar-refractivity contribution in [2.24, 2.45) is 5.92 Å². The van der Waals surface area contributed by atoms with E-state index < -0.39 is 0 Å². The zero-order valence-electron chi connectivity index (χ0n) is 20.8. The molecule has 1 unspecified atom stereocenters. The molecule has 0 bridgehead atoms. The molecule has 0 aliphatic heterocycles. The van der Waals surface area contributed by atoms with Crippen molar-refractivity contribution in [3.8, 4) is 11.5 Å². The molecule has 0 aliphatic rings. The Hall–Kier alpha value is -3.00. The van der Waals surface area contributed by atoms with E-state index in [0.29, 0.717) is 11.1 Å². The maximum absolute atomic E-state index is 12.7. The van der Waals surface area contributed by atoms with Gasteiger partial charge in [-0.15, -0.1) is 10.2 Å². The minimum Gasteiger partial charge on any atom is -0.497 e. The van der Waals surface area contributed by atoms with E-state index in [1.165, 1.54) is 11.8 Å². The van der Waals surface area contributed by atoms with Crippen LogP contribution in [0.2, 0.25) is 0 Å². The predicted octanol–water partition coefficient (Wildman–Crippen LogP) is 5.68. The van der Waals surface area contributed by atoms with Crippen molar-refractivity contribution in [1.29, 1.82) is 0 Å². The summed E-state index contributed by atoms with van der Waals surface area (Å²) in [4.78, 5) is 12.7. The number of aryl methyl sites for hydroxylation is 2. The topological polar surface area (TPSA) is 78.3 Å². The van der Waals surface area contributed by atoms with E-state index in [0.717, 1.165) is 47.1 Å². The van der Waals surface area contributed by atoms with Gasteiger partial charge in [0, 0.05) is 12.2 Å². The molecule has 1 atom stereocenters. The monoisotopic (exact) mass is 482 g/mol. The molecular formula is C26H34N4O3S. The summed E-state index contributed by atoms with van der Waals surface area (Å²) in [6.45, 7) is 11.1. The summed E-state index contributed by atoms with van der Waals surface area (Å²) in [6.07, 6.45) is 0.560. The predicted molar refractivity (Wildman–Crippen MR) is 137 cm³/mol. The number of anilines is 1. The van der Waals surface area contributed by atoms with Crippen LogP contribution in [0.15, 0.2) is 47.6 Å². The van der Waals surface area contributed by atoms with Gasteiger partial charge in [0.2, 0.25) is 5.91 Å². The average molecular weight is 483 g/mol. The van der Waals surface area contributed by atoms with Crippen molar-refractivity contribution < 1.29 is 14.3 Å². The van der Waals surface area contributed by atoms with E-state index in [1.54, 1.807) is 7.11 Å². The first-order valence-electron chi connectivity index (χ1n) is 11.6. The third kappa shape index (κ3) is 6.53. The van der Waals surface area contributed by atoms with Crippen LogP contribution in [0.4, 0.5) is 5.69 Å². The minimum absolute atomic E-state index is 0.0582. The van der Waals surface area contributed by atoms with Crippen molar-refractivity contribution in [2.75, 3.05) is 18.2 Å². The fourth-order valence-electron chi connectivity index (χ4n) is 3.66. The molecule has 182 valence electrons. The fourth-order valence-corrected chi connectivity index (χ4v) is 4.42. The number of aromatic nitrogens is 3. The molecule has 0 aliphatic carbocycles. The first-order chi connectivity index (χ1) is 16.3. The molecule has 34 heavy (non-hydrogen) atoms. The number of nitrogens with one attached hydrogen (secondary N) is 1. The van der Waals surface area contributed by atoms with Crippen LogP contribution >= 0.6 is 11.8 Å². The molecule has 0 spiro atoms. The Bertz CT molecular complexity index is 1100. The van der Waals surface area contributed by atoms with Gasteiger partial charge < -0.3 is 19.4 Å². The highest BCUT2D eigenvalue weighted by Gasteiger charge is 2.21. The summed E-state index contributed by atoms with van der Waals surface area (Å²) in [5, 5.41) is 12.6. The van der Waals surface area contributed by atoms with Crippen LogP contribution in [0, 0.1) is 12.8 Å². The Morgan fingerprint density at radius 1 is 1.09 bits per heavy atom. The summed E-state index contributed by atoms with van der Waals surface area (Å²) in [7, 11) is 1.63. The molecule has 1 amide bonds. The van der Waals surface area contributed by atoms with Crippen molar-refractivity contribution in [3.05, 3.63) is 59.4 Å². The molecule has 2 aromatic carbocycles. The van der Waals surface area contributed by atoms with Gasteiger partial charge in [-0.25, -0.2) is 0 Å². The maximum Gasteiger partial charge on any atom is 0.234 e. The molecular weight excluding hydrogens is 448 g/mol. The quantitative estimate of drug-likeness (QED) is 0.354. The summed E-state index contributed by atoms with van der Waals surface area (Å²) in [5.41, 5.74) is 3.10. The Labute approximate surface area is 206 Å². The van der Waals surface area contributed by atoms with Gasteiger partial charge in [-0.2, -0.15) is 0 Å². The summed E-state index contributed by atoms with van der Waals surface area (Å²) in [5.74, 6) is 2.82. The smallest absolute Gasteiger partial charge is 0.234 e. The summed E-state index contributed by atoms with van der Waals surface area (Å²) in [6, 6.07) is 13.5. The molecule has 0 saturated heterocycles. The second-order valence-electron chi connectivity index (χ2n) is 8.58. The lowest BCUT2D eigenvalue weighted by molar-refractivity contribution is -0.113. The van der Waals surface area contributed by atoms with Gasteiger partial charge in [-0.05, 0) is 61.6 Å². The van der Waals surface area contributed by atoms with E-state index in [4.69, 9.17) is 9.47 Å². The Balaban J connectivity index is 1.71. The van der Waals surface area contributed by atoms with Crippen LogP contribution in [0.1, 0.15) is 50.8 Å². The van der Waals surface area contributed by atoms with Crippen LogP contribution in [0.5, 0.6) is 11.5 Å². The Kier molecular flexibility index (Phi) is 8.98. The maximum atomic E-state index is 12.7. The zero-order chi connectivity index (χ0) is 24.7. The number of nitrogens with zero attached hydrogens (tertiary/aromatic N) is 3. The van der Waals surface area contributed by atoms with Crippen molar-refractivity contribution in [2.45, 2.75) is 58.8 Å². The minimum atomic E-state index is -0.304. The number of ether oxygens (including phenoxy) is 2. The van der Waals surface area contributed by atoms with Gasteiger partial charge in [-0.1, -0.05) is 50.7 Å². The molecule has 7 nitrogen and oxygen atoms in total. The Morgan fingerprint density at radius 3 is 2.44 bits per heavy atom. The standard InChI is InChI=1S/C26H34N4O3S/c1-7-20-10-8-9-18(4)24(20)27-23(31)16-34-26-29-28-25(30(26)15-17(2)3)19(5)33-22-13-11-21(32-6)12-14-22/h8-14,17,19H,7,15-16H2,1-6H3,(H,27,31). The first kappa shape index (κ1) is 25.6. The molecule has 1 aromatic heterocycles. The summed E-state index contributed by atoms with van der Waals surface area (Å²) >= 11 is 1.39. The van der Waals surface area contributed by atoms with Gasteiger partial charge in [0.1, 0.15) is 11.5 Å². The van der Waals surface area contributed by atoms with Gasteiger partial charge in [0.15, 0.2) is 17.1 Å². The molecule has 0 fully saturated rings. The normalized spacial score (nSPS) is 12.0. The number of thioether (sulfide) groups is 1. The highest BCUT2D eigenvalue weighted by atomic mass is 32.2. The number of methoxy groups -OCH3 is 1. The van der Waals surface area contributed by atoms with Crippen LogP contribution < -0.4 is 14.8 Å². The van der Waals surface area contributed by atoms with Gasteiger partial charge >= 0.3 is 0 Å².